The van der Waals surface area contributed by atoms with Crippen molar-refractivity contribution in [1.82, 2.24) is 4.98 Å². The van der Waals surface area contributed by atoms with Crippen LogP contribution in [-0.2, 0) is 4.79 Å². The molecule has 5 nitrogen and oxygen atoms in total. The molecule has 2 aromatic rings. The molecule has 1 heterocycles. The van der Waals surface area contributed by atoms with E-state index in [2.05, 4.69) is 21.7 Å². The maximum absolute atomic E-state index is 11.2. The Balaban J connectivity index is 2.07. The van der Waals surface area contributed by atoms with Crippen molar-refractivity contribution in [3.05, 3.63) is 48.2 Å². The molecule has 0 fully saturated rings. The molecular weight excluding hydrogens is 252 g/mol. The lowest BCUT2D eigenvalue weighted by molar-refractivity contribution is -0.115. The number of nitriles is 1. The van der Waals surface area contributed by atoms with Gasteiger partial charge >= 0.3 is 0 Å². The van der Waals surface area contributed by atoms with Gasteiger partial charge in [-0.2, -0.15) is 5.26 Å². The fourth-order valence-electron chi connectivity index (χ4n) is 1.61. The first-order valence-electron chi connectivity index (χ1n) is 6.24. The second kappa shape index (κ2) is 6.34. The lowest BCUT2D eigenvalue weighted by Gasteiger charge is -2.07. The predicted octanol–water partition coefficient (Wildman–Crippen LogP) is 3.05. The lowest BCUT2D eigenvalue weighted by Crippen LogP contribution is -2.09. The zero-order chi connectivity index (χ0) is 14.4. The summed E-state index contributed by atoms with van der Waals surface area (Å²) in [6, 6.07) is 12.8. The summed E-state index contributed by atoms with van der Waals surface area (Å²) in [5.74, 6) is 0.601. The fraction of sp³-hybridized carbons (Fsp3) is 0.133. The number of rotatable bonds is 4. The summed E-state index contributed by atoms with van der Waals surface area (Å²) < 4.78 is 0. The summed E-state index contributed by atoms with van der Waals surface area (Å²) in [5, 5.41) is 14.7. The molecule has 0 aliphatic carbocycles. The molecule has 1 amide bonds. The van der Waals surface area contributed by atoms with E-state index in [1.807, 2.05) is 6.07 Å². The Morgan fingerprint density at radius 1 is 1.30 bits per heavy atom. The molecule has 0 radical (unpaired) electrons. The molecule has 5 heteroatoms. The molecule has 1 aromatic heterocycles. The first-order valence-corrected chi connectivity index (χ1v) is 6.24. The Morgan fingerprint density at radius 2 is 2.15 bits per heavy atom. The van der Waals surface area contributed by atoms with Crippen molar-refractivity contribution in [3.63, 3.8) is 0 Å². The highest BCUT2D eigenvalue weighted by Crippen LogP contribution is 2.17. The van der Waals surface area contributed by atoms with Gasteiger partial charge in [-0.1, -0.05) is 13.0 Å². The number of anilines is 3. The number of hydrogen-bond acceptors (Lipinski definition) is 4. The number of benzene rings is 1. The minimum absolute atomic E-state index is 0.0470. The highest BCUT2D eigenvalue weighted by Gasteiger charge is 2.01. The van der Waals surface area contributed by atoms with Crippen molar-refractivity contribution in [2.45, 2.75) is 13.3 Å². The number of carbonyl (C=O) groups excluding carboxylic acids is 1. The third-order valence-electron chi connectivity index (χ3n) is 2.63. The lowest BCUT2D eigenvalue weighted by atomic mass is 10.2. The van der Waals surface area contributed by atoms with Gasteiger partial charge in [0.25, 0.3) is 0 Å². The number of hydrogen-bond donors (Lipinski definition) is 2. The second-order valence-electron chi connectivity index (χ2n) is 4.15. The van der Waals surface area contributed by atoms with Crippen LogP contribution in [-0.4, -0.2) is 10.9 Å². The van der Waals surface area contributed by atoms with Crippen molar-refractivity contribution in [3.8, 4) is 6.07 Å². The van der Waals surface area contributed by atoms with E-state index in [9.17, 15) is 4.79 Å². The van der Waals surface area contributed by atoms with E-state index in [1.54, 1.807) is 43.5 Å². The first kappa shape index (κ1) is 13.6. The Morgan fingerprint density at radius 3 is 2.80 bits per heavy atom. The first-order chi connectivity index (χ1) is 9.71. The molecule has 20 heavy (non-hydrogen) atoms. The Bertz CT molecular complexity index is 644. The van der Waals surface area contributed by atoms with E-state index in [-0.39, 0.29) is 5.91 Å². The van der Waals surface area contributed by atoms with Crippen LogP contribution in [0, 0.1) is 11.3 Å². The Kier molecular flexibility index (Phi) is 4.30. The molecule has 0 unspecified atom stereocenters. The normalized spacial score (nSPS) is 9.60. The molecule has 100 valence electrons. The number of aromatic nitrogens is 1. The van der Waals surface area contributed by atoms with Crippen molar-refractivity contribution < 1.29 is 4.79 Å². The van der Waals surface area contributed by atoms with Gasteiger partial charge in [-0.3, -0.25) is 4.79 Å². The minimum atomic E-state index is -0.0470. The van der Waals surface area contributed by atoms with Gasteiger partial charge in [0.15, 0.2) is 0 Å². The maximum atomic E-state index is 11.2. The topological polar surface area (TPSA) is 77.8 Å². The third-order valence-corrected chi connectivity index (χ3v) is 2.63. The second-order valence-corrected chi connectivity index (χ2v) is 4.15. The zero-order valence-electron chi connectivity index (χ0n) is 11.1. The van der Waals surface area contributed by atoms with Crippen molar-refractivity contribution >= 4 is 23.1 Å². The van der Waals surface area contributed by atoms with E-state index in [1.165, 1.54) is 0 Å². The van der Waals surface area contributed by atoms with Crippen LogP contribution in [0.25, 0.3) is 0 Å². The van der Waals surface area contributed by atoms with Crippen LogP contribution in [0.4, 0.5) is 17.2 Å². The van der Waals surface area contributed by atoms with Crippen LogP contribution in [0.15, 0.2) is 42.6 Å². The summed E-state index contributed by atoms with van der Waals surface area (Å²) in [7, 11) is 0. The van der Waals surface area contributed by atoms with E-state index in [4.69, 9.17) is 5.26 Å². The van der Waals surface area contributed by atoms with Crippen molar-refractivity contribution in [2.75, 3.05) is 10.6 Å². The summed E-state index contributed by atoms with van der Waals surface area (Å²) in [5.41, 5.74) is 2.04. The molecular formula is C15H14N4O. The van der Waals surface area contributed by atoms with E-state index < -0.39 is 0 Å². The smallest absolute Gasteiger partial charge is 0.224 e. The van der Waals surface area contributed by atoms with E-state index >= 15 is 0 Å². The van der Waals surface area contributed by atoms with Gasteiger partial charge in [-0.05, 0) is 30.3 Å². The predicted molar refractivity (Wildman–Crippen MR) is 77.6 cm³/mol. The molecule has 0 atom stereocenters. The Hall–Kier alpha value is -2.87. The van der Waals surface area contributed by atoms with Gasteiger partial charge < -0.3 is 10.6 Å². The molecule has 0 bridgehead atoms. The number of nitrogens with zero attached hydrogens (tertiary/aromatic N) is 2. The van der Waals surface area contributed by atoms with Crippen molar-refractivity contribution in [1.29, 1.82) is 5.26 Å². The van der Waals surface area contributed by atoms with Gasteiger partial charge in [0, 0.05) is 12.1 Å². The molecule has 2 rings (SSSR count). The molecule has 0 saturated carbocycles. The number of carbonyl (C=O) groups is 1. The summed E-state index contributed by atoms with van der Waals surface area (Å²) in [4.78, 5) is 15.5. The average molecular weight is 266 g/mol. The molecule has 1 aromatic carbocycles. The minimum Gasteiger partial charge on any atom is -0.340 e. The molecule has 0 aliphatic heterocycles. The van der Waals surface area contributed by atoms with Crippen LogP contribution in [0.2, 0.25) is 0 Å². The molecule has 0 aliphatic rings. The highest BCUT2D eigenvalue weighted by molar-refractivity contribution is 5.90. The van der Waals surface area contributed by atoms with Gasteiger partial charge in [-0.25, -0.2) is 4.98 Å². The zero-order valence-corrected chi connectivity index (χ0v) is 11.1. The van der Waals surface area contributed by atoms with Gasteiger partial charge in [-0.15, -0.1) is 0 Å². The average Bonchev–Trinajstić information content (AvgIpc) is 2.49. The molecule has 0 spiro atoms. The van der Waals surface area contributed by atoms with E-state index in [0.29, 0.717) is 23.5 Å². The van der Waals surface area contributed by atoms with Gasteiger partial charge in [0.1, 0.15) is 5.82 Å². The van der Waals surface area contributed by atoms with Gasteiger partial charge in [0.05, 0.1) is 23.5 Å². The summed E-state index contributed by atoms with van der Waals surface area (Å²) in [6.45, 7) is 1.79. The van der Waals surface area contributed by atoms with Crippen LogP contribution >= 0.6 is 0 Å². The number of amides is 1. The maximum Gasteiger partial charge on any atom is 0.224 e. The monoisotopic (exact) mass is 266 g/mol. The summed E-state index contributed by atoms with van der Waals surface area (Å²) >= 11 is 0. The van der Waals surface area contributed by atoms with E-state index in [0.717, 1.165) is 5.69 Å². The van der Waals surface area contributed by atoms with Crippen LogP contribution in [0.1, 0.15) is 18.9 Å². The van der Waals surface area contributed by atoms with Crippen LogP contribution in [0.5, 0.6) is 0 Å². The standard InChI is InChI=1S/C15H14N4O/c1-2-15(20)19-13-6-7-14(17-10-13)18-12-5-3-4-11(8-12)9-16/h3-8,10H,2H2,1H3,(H,17,18)(H,19,20). The Labute approximate surface area is 117 Å². The molecule has 0 saturated heterocycles. The largest absolute Gasteiger partial charge is 0.340 e. The number of nitrogens with one attached hydrogen (secondary N) is 2. The van der Waals surface area contributed by atoms with Crippen LogP contribution < -0.4 is 10.6 Å². The third kappa shape index (κ3) is 3.56. The summed E-state index contributed by atoms with van der Waals surface area (Å²) in [6.07, 6.45) is 2.02. The highest BCUT2D eigenvalue weighted by atomic mass is 16.1. The fourth-order valence-corrected chi connectivity index (χ4v) is 1.61. The van der Waals surface area contributed by atoms with Gasteiger partial charge in [0.2, 0.25) is 5.91 Å². The quantitative estimate of drug-likeness (QED) is 0.891. The van der Waals surface area contributed by atoms with Crippen molar-refractivity contribution in [2.24, 2.45) is 0 Å². The SMILES string of the molecule is CCC(=O)Nc1ccc(Nc2cccc(C#N)c2)nc1. The van der Waals surface area contributed by atoms with Crippen LogP contribution in [0.3, 0.4) is 0 Å². The number of pyridine rings is 1. The molecule has 2 N–H and O–H groups in total.